The van der Waals surface area contributed by atoms with Crippen LogP contribution >= 0.6 is 0 Å². The highest BCUT2D eigenvalue weighted by atomic mass is 14.2. The maximum atomic E-state index is 3.69. The maximum absolute atomic E-state index is 3.69. The number of rotatable bonds is 1. The van der Waals surface area contributed by atoms with E-state index >= 15 is 0 Å². The molecule has 0 radical (unpaired) electrons. The van der Waals surface area contributed by atoms with E-state index in [0.717, 1.165) is 6.42 Å². The highest BCUT2D eigenvalue weighted by molar-refractivity contribution is 5.97. The van der Waals surface area contributed by atoms with Gasteiger partial charge in [0, 0.05) is 16.0 Å². The van der Waals surface area contributed by atoms with E-state index in [1.54, 1.807) is 0 Å². The Kier molecular flexibility index (Phi) is 2.72. The molecular formula is C26H16. The van der Waals surface area contributed by atoms with Gasteiger partial charge < -0.3 is 0 Å². The summed E-state index contributed by atoms with van der Waals surface area (Å²) in [5, 5.41) is 7.83. The fourth-order valence-corrected chi connectivity index (χ4v) is 4.44. The van der Waals surface area contributed by atoms with Gasteiger partial charge in [0.2, 0.25) is 0 Å². The molecule has 2 aromatic carbocycles. The summed E-state index contributed by atoms with van der Waals surface area (Å²) in [5.41, 5.74) is 8.98. The van der Waals surface area contributed by atoms with Crippen LogP contribution in [-0.2, 0) is 6.42 Å². The van der Waals surface area contributed by atoms with Gasteiger partial charge in [0.15, 0.2) is 0 Å². The Labute approximate surface area is 151 Å². The molecule has 4 aliphatic rings. The second kappa shape index (κ2) is 5.08. The van der Waals surface area contributed by atoms with Crippen LogP contribution in [0.1, 0.15) is 11.1 Å². The molecule has 0 spiro atoms. The van der Waals surface area contributed by atoms with E-state index < -0.39 is 0 Å². The molecule has 0 amide bonds. The highest BCUT2D eigenvalue weighted by Gasteiger charge is 2.15. The summed E-state index contributed by atoms with van der Waals surface area (Å²) in [6.07, 6.45) is 5.61. The van der Waals surface area contributed by atoms with E-state index in [4.69, 9.17) is 0 Å². The Bertz CT molecular complexity index is 1460. The topological polar surface area (TPSA) is 0 Å². The van der Waals surface area contributed by atoms with E-state index in [1.807, 2.05) is 0 Å². The first kappa shape index (κ1) is 13.9. The lowest BCUT2D eigenvalue weighted by Crippen LogP contribution is -2.19. The number of hydrogen-bond donors (Lipinski definition) is 0. The van der Waals surface area contributed by atoms with Crippen molar-refractivity contribution < 1.29 is 0 Å². The van der Waals surface area contributed by atoms with Crippen molar-refractivity contribution in [1.82, 2.24) is 0 Å². The quantitative estimate of drug-likeness (QED) is 0.457. The van der Waals surface area contributed by atoms with Crippen LogP contribution in [0.5, 0.6) is 0 Å². The molecule has 0 heterocycles. The van der Waals surface area contributed by atoms with Crippen molar-refractivity contribution in [3.05, 3.63) is 116 Å². The van der Waals surface area contributed by atoms with Gasteiger partial charge in [0.25, 0.3) is 0 Å². The highest BCUT2D eigenvalue weighted by Crippen LogP contribution is 2.33. The van der Waals surface area contributed by atoms with E-state index in [0.29, 0.717) is 0 Å². The first-order valence-corrected chi connectivity index (χ1v) is 9.09. The first-order chi connectivity index (χ1) is 12.9. The molecule has 0 aromatic heterocycles. The third-order valence-corrected chi connectivity index (χ3v) is 5.59. The molecule has 0 nitrogen and oxygen atoms in total. The van der Waals surface area contributed by atoms with Gasteiger partial charge in [0.1, 0.15) is 0 Å². The molecule has 120 valence electrons. The van der Waals surface area contributed by atoms with Crippen LogP contribution in [0.2, 0.25) is 0 Å². The van der Waals surface area contributed by atoms with Crippen LogP contribution in [0.25, 0.3) is 28.7 Å². The lowest BCUT2D eigenvalue weighted by atomic mass is 9.85. The van der Waals surface area contributed by atoms with Gasteiger partial charge in [-0.05, 0) is 62.5 Å². The molecule has 0 unspecified atom stereocenters. The van der Waals surface area contributed by atoms with Gasteiger partial charge in [-0.2, -0.15) is 0 Å². The summed E-state index contributed by atoms with van der Waals surface area (Å²) in [7, 11) is 0. The average Bonchev–Trinajstić information content (AvgIpc) is 2.69. The van der Waals surface area contributed by atoms with Crippen LogP contribution in [0.4, 0.5) is 0 Å². The van der Waals surface area contributed by atoms with Crippen LogP contribution in [-0.4, -0.2) is 0 Å². The van der Waals surface area contributed by atoms with Gasteiger partial charge in [0.05, 0.1) is 0 Å². The Morgan fingerprint density at radius 1 is 0.962 bits per heavy atom. The SMILES string of the molecule is C1=C(C2=Cc3cccc4cccc(c34)C2)C=c2cc[cH-]c3[cH+]ccc=1c2=3. The molecule has 0 aliphatic heterocycles. The smallest absolute Gasteiger partial charge is 0.0255 e. The number of hydrogen-bond acceptors (Lipinski definition) is 0. The summed E-state index contributed by atoms with van der Waals surface area (Å²) in [4.78, 5) is 0. The molecule has 0 bridgehead atoms. The average molecular weight is 328 g/mol. The molecule has 6 rings (SSSR count). The van der Waals surface area contributed by atoms with Gasteiger partial charge in [-0.25, -0.2) is 0 Å². The zero-order valence-electron chi connectivity index (χ0n) is 14.3. The van der Waals surface area contributed by atoms with Gasteiger partial charge >= 0.3 is 0 Å². The summed E-state index contributed by atoms with van der Waals surface area (Å²) >= 11 is 0. The van der Waals surface area contributed by atoms with Crippen molar-refractivity contribution in [1.29, 1.82) is 0 Å². The predicted octanol–water partition coefficient (Wildman–Crippen LogP) is 4.30. The molecule has 0 heteroatoms. The van der Waals surface area contributed by atoms with Crippen LogP contribution in [0.15, 0.2) is 83.9 Å². The first-order valence-electron chi connectivity index (χ1n) is 9.09. The maximum Gasteiger partial charge on any atom is 0.0255 e. The zero-order valence-corrected chi connectivity index (χ0v) is 14.3. The minimum Gasteiger partial charge on any atom is -0.104 e. The van der Waals surface area contributed by atoms with Crippen molar-refractivity contribution in [3.63, 3.8) is 0 Å². The largest absolute Gasteiger partial charge is 0.104 e. The van der Waals surface area contributed by atoms with Gasteiger partial charge in [-0.15, -0.1) is 5.73 Å². The van der Waals surface area contributed by atoms with Crippen molar-refractivity contribution in [2.45, 2.75) is 6.42 Å². The molecule has 2 aromatic rings. The van der Waals surface area contributed by atoms with Crippen molar-refractivity contribution in [2.24, 2.45) is 0 Å². The van der Waals surface area contributed by atoms with E-state index in [2.05, 4.69) is 90.7 Å². The Hall–Kier alpha value is -3.34. The molecule has 26 heavy (non-hydrogen) atoms. The van der Waals surface area contributed by atoms with Gasteiger partial charge in [-0.3, -0.25) is 0 Å². The second-order valence-electron chi connectivity index (χ2n) is 7.14. The lowest BCUT2D eigenvalue weighted by Gasteiger charge is -2.18. The molecule has 4 aliphatic carbocycles. The molecule has 0 saturated heterocycles. The minimum atomic E-state index is 0.964. The minimum absolute atomic E-state index is 0.964. The van der Waals surface area contributed by atoms with E-state index in [1.165, 1.54) is 53.9 Å². The van der Waals surface area contributed by atoms with Crippen molar-refractivity contribution in [2.75, 3.05) is 0 Å². The van der Waals surface area contributed by atoms with Crippen LogP contribution in [0.3, 0.4) is 0 Å². The number of allylic oxidation sites excluding steroid dienone is 2. The standard InChI is InChI=1S/C26H16/c1-5-17-6-2-10-20-14-23(13-19(9-1)25(17)20)24-15-21-11-3-7-18-8-4-12-22(16-24)26(18)21/h1-13,15H,14H2. The third-order valence-electron chi connectivity index (χ3n) is 5.59. The predicted molar refractivity (Wildman–Crippen MR) is 108 cm³/mol. The lowest BCUT2D eigenvalue weighted by molar-refractivity contribution is 1.20. The Balaban J connectivity index is 1.68. The van der Waals surface area contributed by atoms with Crippen LogP contribution < -0.4 is 10.4 Å². The molecule has 0 atom stereocenters. The summed E-state index contributed by atoms with van der Waals surface area (Å²) in [6, 6.07) is 26.2. The Morgan fingerprint density at radius 2 is 1.88 bits per heavy atom. The number of benzene rings is 2. The normalized spacial score (nSPS) is 14.5. The molecule has 0 saturated carbocycles. The second-order valence-corrected chi connectivity index (χ2v) is 7.14. The van der Waals surface area contributed by atoms with Crippen molar-refractivity contribution in [3.8, 4) is 0 Å². The summed E-state index contributed by atoms with van der Waals surface area (Å²) in [5.74, 6) is 0. The van der Waals surface area contributed by atoms with Gasteiger partial charge in [-0.1, -0.05) is 66.7 Å². The fraction of sp³-hybridized carbons (Fsp3) is 0.0385. The third kappa shape index (κ3) is 1.91. The summed E-state index contributed by atoms with van der Waals surface area (Å²) in [6.45, 7) is 0. The van der Waals surface area contributed by atoms with Crippen molar-refractivity contribution >= 4 is 28.7 Å². The molecular weight excluding hydrogens is 312 g/mol. The van der Waals surface area contributed by atoms with Crippen LogP contribution in [0, 0.1) is 10.4 Å². The Morgan fingerprint density at radius 3 is 2.85 bits per heavy atom. The zero-order chi connectivity index (χ0) is 17.1. The fourth-order valence-electron chi connectivity index (χ4n) is 4.44. The molecule has 0 N–H and O–H groups in total. The van der Waals surface area contributed by atoms with E-state index in [-0.39, 0.29) is 0 Å². The van der Waals surface area contributed by atoms with E-state index in [9.17, 15) is 0 Å². The summed E-state index contributed by atoms with van der Waals surface area (Å²) < 4.78 is 0. The monoisotopic (exact) mass is 328 g/mol. The molecule has 0 fully saturated rings.